The summed E-state index contributed by atoms with van der Waals surface area (Å²) in [6, 6.07) is 8.80. The van der Waals surface area contributed by atoms with Crippen molar-refractivity contribution in [1.29, 1.82) is 0 Å². The van der Waals surface area contributed by atoms with Gasteiger partial charge in [-0.25, -0.2) is 0 Å². The van der Waals surface area contributed by atoms with Crippen LogP contribution in [-0.2, 0) is 11.2 Å². The third-order valence-corrected chi connectivity index (χ3v) is 5.28. The van der Waals surface area contributed by atoms with Crippen molar-refractivity contribution in [2.24, 2.45) is 11.3 Å². The molecule has 2 fully saturated rings. The van der Waals surface area contributed by atoms with E-state index in [1.165, 1.54) is 24.8 Å². The van der Waals surface area contributed by atoms with Gasteiger partial charge >= 0.3 is 0 Å². The molecule has 1 aromatic carbocycles. The zero-order valence-electron chi connectivity index (χ0n) is 12.2. The van der Waals surface area contributed by atoms with Gasteiger partial charge in [0.15, 0.2) is 0 Å². The van der Waals surface area contributed by atoms with Crippen molar-refractivity contribution in [2.75, 3.05) is 19.7 Å². The number of hydrogen-bond acceptors (Lipinski definition) is 2. The van der Waals surface area contributed by atoms with Crippen LogP contribution in [0.15, 0.2) is 28.7 Å². The summed E-state index contributed by atoms with van der Waals surface area (Å²) in [6.45, 7) is 5.25. The van der Waals surface area contributed by atoms with E-state index in [1.54, 1.807) is 0 Å². The second-order valence-electron chi connectivity index (χ2n) is 6.32. The fourth-order valence-corrected chi connectivity index (χ4v) is 3.83. The van der Waals surface area contributed by atoms with E-state index < -0.39 is 0 Å². The minimum Gasteiger partial charge on any atom is -0.377 e. The molecule has 20 heavy (non-hydrogen) atoms. The highest BCUT2D eigenvalue weighted by molar-refractivity contribution is 9.10. The molecule has 2 nitrogen and oxygen atoms in total. The lowest BCUT2D eigenvalue weighted by molar-refractivity contribution is 0.0309. The number of hydrogen-bond donors (Lipinski definition) is 1. The Morgan fingerprint density at radius 2 is 2.05 bits per heavy atom. The molecule has 1 aromatic rings. The van der Waals surface area contributed by atoms with Crippen molar-refractivity contribution in [3.8, 4) is 0 Å². The molecule has 0 amide bonds. The molecule has 2 atom stereocenters. The molecule has 2 unspecified atom stereocenters. The van der Waals surface area contributed by atoms with Gasteiger partial charge in [-0.2, -0.15) is 0 Å². The maximum absolute atomic E-state index is 6.14. The molecule has 0 spiro atoms. The molecular formula is C17H24BrNO. The topological polar surface area (TPSA) is 21.3 Å². The van der Waals surface area contributed by atoms with Gasteiger partial charge in [-0.1, -0.05) is 35.0 Å². The predicted molar refractivity (Wildman–Crippen MR) is 85.9 cm³/mol. The van der Waals surface area contributed by atoms with E-state index in [4.69, 9.17) is 4.74 Å². The van der Waals surface area contributed by atoms with E-state index >= 15 is 0 Å². The Morgan fingerprint density at radius 1 is 1.30 bits per heavy atom. The molecular weight excluding hydrogens is 314 g/mol. The molecule has 3 heteroatoms. The lowest BCUT2D eigenvalue weighted by atomic mass is 9.74. The first kappa shape index (κ1) is 14.6. The summed E-state index contributed by atoms with van der Waals surface area (Å²) in [7, 11) is 0. The maximum Gasteiger partial charge on any atom is 0.0675 e. The summed E-state index contributed by atoms with van der Waals surface area (Å²) in [5.74, 6) is 0.812. The van der Waals surface area contributed by atoms with Crippen LogP contribution in [0.2, 0.25) is 0 Å². The number of nitrogens with one attached hydrogen (secondary N) is 1. The molecule has 1 saturated carbocycles. The maximum atomic E-state index is 6.14. The van der Waals surface area contributed by atoms with E-state index in [0.29, 0.717) is 11.5 Å². The highest BCUT2D eigenvalue weighted by Gasteiger charge is 2.50. The Morgan fingerprint density at radius 3 is 2.70 bits per heavy atom. The van der Waals surface area contributed by atoms with E-state index in [2.05, 4.69) is 52.4 Å². The fraction of sp³-hybridized carbons (Fsp3) is 0.647. The minimum atomic E-state index is 0.297. The molecule has 1 heterocycles. The molecule has 0 radical (unpaired) electrons. The summed E-state index contributed by atoms with van der Waals surface area (Å²) < 4.78 is 7.29. The summed E-state index contributed by atoms with van der Waals surface area (Å²) >= 11 is 3.52. The number of rotatable bonds is 6. The van der Waals surface area contributed by atoms with Crippen LogP contribution in [0.4, 0.5) is 0 Å². The first-order valence-electron chi connectivity index (χ1n) is 7.80. The van der Waals surface area contributed by atoms with Crippen LogP contribution in [0.5, 0.6) is 0 Å². The second-order valence-corrected chi connectivity index (χ2v) is 7.24. The van der Waals surface area contributed by atoms with Crippen LogP contribution in [0, 0.1) is 11.3 Å². The molecule has 2 aliphatic rings. The fourth-order valence-electron chi connectivity index (χ4n) is 3.57. The molecule has 0 aromatic heterocycles. The predicted octanol–water partition coefficient (Wildman–Crippen LogP) is 3.79. The van der Waals surface area contributed by atoms with Gasteiger partial charge in [0.1, 0.15) is 0 Å². The number of ether oxygens (including phenoxy) is 1. The zero-order chi connectivity index (χ0) is 14.0. The van der Waals surface area contributed by atoms with Gasteiger partial charge in [0.05, 0.1) is 6.10 Å². The Labute approximate surface area is 130 Å². The Bertz CT molecular complexity index is 443. The monoisotopic (exact) mass is 337 g/mol. The highest BCUT2D eigenvalue weighted by Crippen LogP contribution is 2.49. The van der Waals surface area contributed by atoms with Crippen LogP contribution in [0.3, 0.4) is 0 Å². The normalized spacial score (nSPS) is 29.8. The highest BCUT2D eigenvalue weighted by atomic mass is 79.9. The summed E-state index contributed by atoms with van der Waals surface area (Å²) in [5.41, 5.74) is 1.73. The third kappa shape index (κ3) is 3.10. The van der Waals surface area contributed by atoms with Gasteiger partial charge in [0.25, 0.3) is 0 Å². The lowest BCUT2D eigenvalue weighted by Crippen LogP contribution is -2.43. The standard InChI is InChI=1S/C17H24BrNO/c1-2-19-12-17(9-10-20-16(17)14-5-6-14)11-13-3-7-15(18)8-4-13/h3-4,7-8,14,16,19H,2,5-6,9-12H2,1H3. The van der Waals surface area contributed by atoms with Crippen LogP contribution in [0.1, 0.15) is 31.7 Å². The SMILES string of the molecule is CCNCC1(Cc2ccc(Br)cc2)CCOC1C1CC1. The van der Waals surface area contributed by atoms with Crippen molar-refractivity contribution in [3.05, 3.63) is 34.3 Å². The van der Waals surface area contributed by atoms with Gasteiger partial charge in [0, 0.05) is 23.0 Å². The van der Waals surface area contributed by atoms with Crippen molar-refractivity contribution in [2.45, 2.75) is 38.7 Å². The summed E-state index contributed by atoms with van der Waals surface area (Å²) in [4.78, 5) is 0. The van der Waals surface area contributed by atoms with Crippen LogP contribution < -0.4 is 5.32 Å². The number of halogens is 1. The Kier molecular flexibility index (Phi) is 4.49. The van der Waals surface area contributed by atoms with E-state index in [9.17, 15) is 0 Å². The zero-order valence-corrected chi connectivity index (χ0v) is 13.8. The van der Waals surface area contributed by atoms with Gasteiger partial charge < -0.3 is 10.1 Å². The van der Waals surface area contributed by atoms with Crippen LogP contribution in [0.25, 0.3) is 0 Å². The summed E-state index contributed by atoms with van der Waals surface area (Å²) in [6.07, 6.45) is 5.51. The van der Waals surface area contributed by atoms with E-state index in [1.807, 2.05) is 0 Å². The molecule has 0 bridgehead atoms. The Hall–Kier alpha value is -0.380. The average Bonchev–Trinajstić information content (AvgIpc) is 3.21. The lowest BCUT2D eigenvalue weighted by Gasteiger charge is -2.35. The van der Waals surface area contributed by atoms with E-state index in [0.717, 1.165) is 36.5 Å². The molecule has 3 rings (SSSR count). The van der Waals surface area contributed by atoms with Crippen molar-refractivity contribution >= 4 is 15.9 Å². The first-order valence-corrected chi connectivity index (χ1v) is 8.59. The van der Waals surface area contributed by atoms with Crippen molar-refractivity contribution < 1.29 is 4.74 Å². The first-order chi connectivity index (χ1) is 9.73. The molecule has 1 aliphatic carbocycles. The second kappa shape index (κ2) is 6.17. The molecule has 1 N–H and O–H groups in total. The molecule has 1 saturated heterocycles. The number of benzene rings is 1. The largest absolute Gasteiger partial charge is 0.377 e. The quantitative estimate of drug-likeness (QED) is 0.852. The van der Waals surface area contributed by atoms with E-state index in [-0.39, 0.29) is 0 Å². The van der Waals surface area contributed by atoms with Crippen molar-refractivity contribution in [1.82, 2.24) is 5.32 Å². The van der Waals surface area contributed by atoms with Crippen LogP contribution >= 0.6 is 15.9 Å². The van der Waals surface area contributed by atoms with Gasteiger partial charge in [0.2, 0.25) is 0 Å². The van der Waals surface area contributed by atoms with Crippen molar-refractivity contribution in [3.63, 3.8) is 0 Å². The Balaban J connectivity index is 1.79. The van der Waals surface area contributed by atoms with Gasteiger partial charge in [-0.15, -0.1) is 0 Å². The van der Waals surface area contributed by atoms with Gasteiger partial charge in [-0.3, -0.25) is 0 Å². The summed E-state index contributed by atoms with van der Waals surface area (Å²) in [5, 5.41) is 3.59. The smallest absolute Gasteiger partial charge is 0.0675 e. The van der Waals surface area contributed by atoms with Gasteiger partial charge in [-0.05, 0) is 55.8 Å². The average molecular weight is 338 g/mol. The third-order valence-electron chi connectivity index (χ3n) is 4.75. The molecule has 110 valence electrons. The van der Waals surface area contributed by atoms with Crippen LogP contribution in [-0.4, -0.2) is 25.8 Å². The molecule has 1 aliphatic heterocycles. The minimum absolute atomic E-state index is 0.297.